The van der Waals surface area contributed by atoms with Crippen molar-refractivity contribution in [1.29, 1.82) is 0 Å². The zero-order valence-electron chi connectivity index (χ0n) is 33.8. The van der Waals surface area contributed by atoms with Crippen LogP contribution in [0.5, 0.6) is 17.2 Å². The summed E-state index contributed by atoms with van der Waals surface area (Å²) in [5.41, 5.74) is 1.94. The Morgan fingerprint density at radius 1 is 0.891 bits per heavy atom. The highest BCUT2D eigenvalue weighted by Gasteiger charge is 2.47. The molecular formula is C40H56N2O12Si. The normalized spacial score (nSPS) is 20.7. The highest BCUT2D eigenvalue weighted by atomic mass is 28.4. The van der Waals surface area contributed by atoms with Crippen molar-refractivity contribution in [3.05, 3.63) is 66.0 Å². The van der Waals surface area contributed by atoms with Gasteiger partial charge in [-0.2, -0.15) is 0 Å². The Morgan fingerprint density at radius 2 is 1.62 bits per heavy atom. The molecule has 0 bridgehead atoms. The Labute approximate surface area is 325 Å². The molecule has 1 saturated heterocycles. The third-order valence-corrected chi connectivity index (χ3v) is 14.1. The van der Waals surface area contributed by atoms with E-state index in [1.54, 1.807) is 53.7 Å². The van der Waals surface area contributed by atoms with Gasteiger partial charge in [0, 0.05) is 59.1 Å². The van der Waals surface area contributed by atoms with Gasteiger partial charge in [-0.05, 0) is 61.5 Å². The molecule has 0 spiro atoms. The molecule has 15 heteroatoms. The zero-order chi connectivity index (χ0) is 40.3. The van der Waals surface area contributed by atoms with Gasteiger partial charge in [0.05, 0.1) is 12.3 Å². The second kappa shape index (κ2) is 19.6. The van der Waals surface area contributed by atoms with Gasteiger partial charge >= 0.3 is 11.9 Å². The van der Waals surface area contributed by atoms with E-state index < -0.39 is 57.1 Å². The van der Waals surface area contributed by atoms with Crippen LogP contribution in [0.25, 0.3) is 11.4 Å². The average Bonchev–Trinajstić information content (AvgIpc) is 3.15. The Kier molecular flexibility index (Phi) is 15.6. The number of nitrogens with zero attached hydrogens (tertiary/aromatic N) is 2. The molecule has 0 radical (unpaired) electrons. The molecule has 0 N–H and O–H groups in total. The highest BCUT2D eigenvalue weighted by molar-refractivity contribution is 6.74. The van der Waals surface area contributed by atoms with Gasteiger partial charge in [0.2, 0.25) is 14.4 Å². The second-order valence-electron chi connectivity index (χ2n) is 14.6. The van der Waals surface area contributed by atoms with E-state index in [1.807, 2.05) is 36.4 Å². The van der Waals surface area contributed by atoms with Crippen molar-refractivity contribution in [3.63, 3.8) is 0 Å². The van der Waals surface area contributed by atoms with Crippen LogP contribution < -0.4 is 13.9 Å². The number of hydrogen-bond acceptors (Lipinski definition) is 14. The highest BCUT2D eigenvalue weighted by Crippen LogP contribution is 2.38. The lowest BCUT2D eigenvalue weighted by molar-refractivity contribution is -0.305. The van der Waals surface area contributed by atoms with Gasteiger partial charge < -0.3 is 47.1 Å². The van der Waals surface area contributed by atoms with E-state index in [9.17, 15) is 9.59 Å². The molecule has 14 nitrogen and oxygen atoms in total. The first-order chi connectivity index (χ1) is 26.1. The molecule has 6 atom stereocenters. The summed E-state index contributed by atoms with van der Waals surface area (Å²) in [7, 11) is 4.10. The first-order valence-electron chi connectivity index (χ1n) is 18.2. The Morgan fingerprint density at radius 3 is 2.25 bits per heavy atom. The zero-order valence-corrected chi connectivity index (χ0v) is 34.8. The van der Waals surface area contributed by atoms with Crippen LogP contribution in [0.1, 0.15) is 45.9 Å². The number of methoxy groups -OCH3 is 4. The van der Waals surface area contributed by atoms with Gasteiger partial charge in [-0.3, -0.25) is 4.79 Å². The van der Waals surface area contributed by atoms with Crippen molar-refractivity contribution in [2.45, 2.75) is 103 Å². The molecule has 1 aliphatic heterocycles. The van der Waals surface area contributed by atoms with Crippen LogP contribution in [-0.2, 0) is 55.8 Å². The minimum Gasteiger partial charge on any atom is -0.543 e. The number of hydrogen-bond donors (Lipinski definition) is 0. The van der Waals surface area contributed by atoms with Crippen LogP contribution in [0.15, 0.2) is 54.7 Å². The maximum atomic E-state index is 12.8. The van der Waals surface area contributed by atoms with Crippen molar-refractivity contribution in [2.75, 3.05) is 41.7 Å². The van der Waals surface area contributed by atoms with E-state index in [0.29, 0.717) is 34.3 Å². The van der Waals surface area contributed by atoms with Gasteiger partial charge in [-0.1, -0.05) is 32.9 Å². The molecule has 302 valence electrons. The van der Waals surface area contributed by atoms with Crippen LogP contribution in [0.3, 0.4) is 0 Å². The van der Waals surface area contributed by atoms with Crippen LogP contribution >= 0.6 is 0 Å². The molecule has 2 aromatic carbocycles. The number of rotatable bonds is 18. The number of carbonyl (C=O) groups excluding carboxylic acids is 2. The summed E-state index contributed by atoms with van der Waals surface area (Å²) in [6.45, 7) is 14.1. The number of esters is 2. The largest absolute Gasteiger partial charge is 0.543 e. The summed E-state index contributed by atoms with van der Waals surface area (Å²) >= 11 is 0. The van der Waals surface area contributed by atoms with Crippen molar-refractivity contribution < 1.29 is 56.6 Å². The van der Waals surface area contributed by atoms with Crippen molar-refractivity contribution in [1.82, 2.24) is 9.97 Å². The lowest BCUT2D eigenvalue weighted by Crippen LogP contribution is -2.61. The van der Waals surface area contributed by atoms with E-state index in [1.165, 1.54) is 6.92 Å². The second-order valence-corrected chi connectivity index (χ2v) is 19.3. The Balaban J connectivity index is 1.53. The van der Waals surface area contributed by atoms with E-state index in [-0.39, 0.29) is 31.3 Å². The fourth-order valence-corrected chi connectivity index (χ4v) is 6.87. The van der Waals surface area contributed by atoms with E-state index >= 15 is 0 Å². The summed E-state index contributed by atoms with van der Waals surface area (Å²) in [4.78, 5) is 34.0. The SMILES string of the molecule is CCOC(=O)[C@@H](Cc1cc(O[Si](C)(C)C(C)(C)C)ccc1OCc1ccnc(-c2cccc(OC[C@H]3O[C@H](OC)[C@@H](OC)[C@@H](OC)[C@@H]3OC)c2)n1)OC(C)=O. The molecule has 2 heterocycles. The van der Waals surface area contributed by atoms with Crippen LogP contribution in [0.4, 0.5) is 0 Å². The Bertz CT molecular complexity index is 1720. The van der Waals surface area contributed by atoms with Gasteiger partial charge in [0.1, 0.15) is 54.9 Å². The number of ether oxygens (including phenoxy) is 9. The molecule has 1 aliphatic rings. The smallest absolute Gasteiger partial charge is 0.347 e. The molecule has 3 aromatic rings. The molecule has 0 unspecified atom stereocenters. The fraction of sp³-hybridized carbons (Fsp3) is 0.550. The first-order valence-corrected chi connectivity index (χ1v) is 21.2. The lowest BCUT2D eigenvalue weighted by Gasteiger charge is -2.44. The maximum Gasteiger partial charge on any atom is 0.347 e. The van der Waals surface area contributed by atoms with E-state index in [4.69, 9.17) is 52.0 Å². The van der Waals surface area contributed by atoms with Crippen molar-refractivity contribution >= 4 is 20.3 Å². The monoisotopic (exact) mass is 784 g/mol. The quantitative estimate of drug-likeness (QED) is 0.111. The van der Waals surface area contributed by atoms with E-state index in [0.717, 1.165) is 5.56 Å². The van der Waals surface area contributed by atoms with Crippen molar-refractivity contribution in [3.8, 4) is 28.6 Å². The average molecular weight is 785 g/mol. The van der Waals surface area contributed by atoms with Crippen LogP contribution in [-0.4, -0.2) is 109 Å². The standard InChI is InChI=1S/C40H56N2O12Si/c1-12-49-38(44)32(52-25(2)43)22-27-21-30(54-55(10,11)40(3,4)5)16-17-31(27)51-23-28-18-19-41-37(42-28)26-14-13-15-29(20-26)50-24-33-34(45-6)35(46-7)36(47-8)39(48-9)53-33/h13-21,32-36,39H,12,22-24H2,1-11H3/t32-,33-,34-,35+,36+,39+/m1/s1. The van der Waals surface area contributed by atoms with Gasteiger partial charge in [0.25, 0.3) is 0 Å². The molecule has 1 aromatic heterocycles. The predicted octanol–water partition coefficient (Wildman–Crippen LogP) is 5.94. The summed E-state index contributed by atoms with van der Waals surface area (Å²) in [5, 5.41) is -0.0452. The Hall–Kier alpha value is -4.12. The third kappa shape index (κ3) is 11.5. The molecule has 55 heavy (non-hydrogen) atoms. The summed E-state index contributed by atoms with van der Waals surface area (Å²) in [5.74, 6) is 0.906. The van der Waals surface area contributed by atoms with Gasteiger partial charge in [0.15, 0.2) is 12.1 Å². The van der Waals surface area contributed by atoms with Gasteiger partial charge in [-0.15, -0.1) is 0 Å². The number of carbonyl (C=O) groups is 2. The fourth-order valence-electron chi connectivity index (χ4n) is 5.85. The lowest BCUT2D eigenvalue weighted by atomic mass is 9.98. The molecule has 4 rings (SSSR count). The minimum absolute atomic E-state index is 0.0203. The number of aromatic nitrogens is 2. The summed E-state index contributed by atoms with van der Waals surface area (Å²) < 4.78 is 58.3. The van der Waals surface area contributed by atoms with Crippen molar-refractivity contribution in [2.24, 2.45) is 0 Å². The molecule has 0 saturated carbocycles. The molecule has 0 amide bonds. The third-order valence-electron chi connectivity index (χ3n) is 9.71. The van der Waals surface area contributed by atoms with E-state index in [2.05, 4.69) is 38.8 Å². The predicted molar refractivity (Wildman–Crippen MR) is 206 cm³/mol. The van der Waals surface area contributed by atoms with Crippen LogP contribution in [0, 0.1) is 0 Å². The topological polar surface area (TPSA) is 152 Å². The number of benzene rings is 2. The summed E-state index contributed by atoms with van der Waals surface area (Å²) in [6.07, 6.45) is -2.06. The molecule has 0 aliphatic carbocycles. The summed E-state index contributed by atoms with van der Waals surface area (Å²) in [6, 6.07) is 14.6. The molecular weight excluding hydrogens is 729 g/mol. The maximum absolute atomic E-state index is 12.8. The minimum atomic E-state index is -2.20. The van der Waals surface area contributed by atoms with Crippen LogP contribution in [0.2, 0.25) is 18.1 Å². The van der Waals surface area contributed by atoms with Gasteiger partial charge in [-0.25, -0.2) is 14.8 Å². The first kappa shape index (κ1) is 43.6. The molecule has 1 fully saturated rings.